The number of ether oxygens (including phenoxy) is 1. The van der Waals surface area contributed by atoms with E-state index >= 15 is 0 Å². The first-order valence-electron chi connectivity index (χ1n) is 6.84. The Balaban J connectivity index is 1.82. The van der Waals surface area contributed by atoms with Crippen LogP contribution in [-0.4, -0.2) is 11.4 Å². The molecule has 0 bridgehead atoms. The number of fused-ring (bicyclic) bond motifs is 1. The van der Waals surface area contributed by atoms with Gasteiger partial charge in [0.05, 0.1) is 9.78 Å². The maximum atomic E-state index is 8.57. The van der Waals surface area contributed by atoms with Gasteiger partial charge in [-0.1, -0.05) is 47.6 Å². The van der Waals surface area contributed by atoms with Gasteiger partial charge in [-0.15, -0.1) is 0 Å². The highest BCUT2D eigenvalue weighted by Crippen LogP contribution is 2.24. The Morgan fingerprint density at radius 1 is 1.05 bits per heavy atom. The highest BCUT2D eigenvalue weighted by atomic mass is 127. The molecule has 0 aliphatic carbocycles. The average Bonchev–Trinajstić information content (AvgIpc) is 2.54. The third-order valence-electron chi connectivity index (χ3n) is 3.43. The van der Waals surface area contributed by atoms with Crippen molar-refractivity contribution < 1.29 is 9.94 Å². The molecule has 0 radical (unpaired) electrons. The Bertz CT molecular complexity index is 825. The second-order valence-electron chi connectivity index (χ2n) is 4.86. The summed E-state index contributed by atoms with van der Waals surface area (Å²) in [6.07, 6.45) is 1.40. The van der Waals surface area contributed by atoms with Crippen LogP contribution >= 0.6 is 22.6 Å². The van der Waals surface area contributed by atoms with Crippen LogP contribution in [0.3, 0.4) is 0 Å². The Labute approximate surface area is 142 Å². The number of hydrogen-bond acceptors (Lipinski definition) is 3. The lowest BCUT2D eigenvalue weighted by Crippen LogP contribution is -1.98. The summed E-state index contributed by atoms with van der Waals surface area (Å²) in [6, 6.07) is 20.2. The summed E-state index contributed by atoms with van der Waals surface area (Å²) in [5.74, 6) is 0.823. The predicted octanol–water partition coefficient (Wildman–Crippen LogP) is 4.83. The Kier molecular flexibility index (Phi) is 4.58. The molecule has 4 heteroatoms. The van der Waals surface area contributed by atoms with Crippen molar-refractivity contribution in [2.45, 2.75) is 6.61 Å². The number of benzene rings is 3. The maximum absolute atomic E-state index is 8.57. The van der Waals surface area contributed by atoms with Gasteiger partial charge >= 0.3 is 0 Å². The molecule has 3 nitrogen and oxygen atoms in total. The van der Waals surface area contributed by atoms with E-state index in [0.717, 1.165) is 20.4 Å². The quantitative estimate of drug-likeness (QED) is 0.294. The van der Waals surface area contributed by atoms with Gasteiger partial charge in [0.2, 0.25) is 0 Å². The normalized spacial score (nSPS) is 11.1. The molecule has 3 rings (SSSR count). The van der Waals surface area contributed by atoms with E-state index in [1.165, 1.54) is 17.0 Å². The minimum absolute atomic E-state index is 0.519. The van der Waals surface area contributed by atoms with Crippen molar-refractivity contribution >= 4 is 39.6 Å². The van der Waals surface area contributed by atoms with Gasteiger partial charge in [0.15, 0.2) is 0 Å². The molecule has 110 valence electrons. The summed E-state index contributed by atoms with van der Waals surface area (Å²) < 4.78 is 6.93. The van der Waals surface area contributed by atoms with Crippen LogP contribution < -0.4 is 4.74 Å². The van der Waals surface area contributed by atoms with Crippen LogP contribution in [-0.2, 0) is 6.61 Å². The lowest BCUT2D eigenvalue weighted by atomic mass is 10.1. The SMILES string of the molecule is O/N=C/c1ccc(OCc2cccc3ccccc23)c(I)c1. The van der Waals surface area contributed by atoms with Crippen molar-refractivity contribution in [1.29, 1.82) is 0 Å². The monoisotopic (exact) mass is 403 g/mol. The molecule has 3 aromatic rings. The molecule has 0 unspecified atom stereocenters. The van der Waals surface area contributed by atoms with Crippen molar-refractivity contribution in [1.82, 2.24) is 0 Å². The lowest BCUT2D eigenvalue weighted by Gasteiger charge is -2.11. The molecule has 0 saturated carbocycles. The largest absolute Gasteiger partial charge is 0.488 e. The fourth-order valence-corrected chi connectivity index (χ4v) is 3.05. The van der Waals surface area contributed by atoms with Crippen LogP contribution in [0.4, 0.5) is 0 Å². The highest BCUT2D eigenvalue weighted by molar-refractivity contribution is 14.1. The van der Waals surface area contributed by atoms with Gasteiger partial charge in [0.25, 0.3) is 0 Å². The van der Waals surface area contributed by atoms with Crippen molar-refractivity contribution in [2.75, 3.05) is 0 Å². The topological polar surface area (TPSA) is 41.8 Å². The van der Waals surface area contributed by atoms with Crippen LogP contribution in [0.5, 0.6) is 5.75 Å². The zero-order valence-corrected chi connectivity index (χ0v) is 13.9. The van der Waals surface area contributed by atoms with Gasteiger partial charge in [0, 0.05) is 0 Å². The highest BCUT2D eigenvalue weighted by Gasteiger charge is 2.05. The van der Waals surface area contributed by atoms with Crippen LogP contribution in [0.25, 0.3) is 10.8 Å². The third kappa shape index (κ3) is 3.22. The number of rotatable bonds is 4. The van der Waals surface area contributed by atoms with Crippen LogP contribution in [0, 0.1) is 3.57 Å². The van der Waals surface area contributed by atoms with E-state index in [9.17, 15) is 0 Å². The average molecular weight is 403 g/mol. The summed E-state index contributed by atoms with van der Waals surface area (Å²) in [4.78, 5) is 0. The fourth-order valence-electron chi connectivity index (χ4n) is 2.35. The summed E-state index contributed by atoms with van der Waals surface area (Å²) in [7, 11) is 0. The van der Waals surface area contributed by atoms with Crippen LogP contribution in [0.1, 0.15) is 11.1 Å². The molecule has 22 heavy (non-hydrogen) atoms. The molecule has 0 heterocycles. The summed E-state index contributed by atoms with van der Waals surface area (Å²) in [6.45, 7) is 0.519. The van der Waals surface area contributed by atoms with Gasteiger partial charge in [-0.05, 0) is 62.7 Å². The lowest BCUT2D eigenvalue weighted by molar-refractivity contribution is 0.305. The number of nitrogens with zero attached hydrogens (tertiary/aromatic N) is 1. The van der Waals surface area contributed by atoms with E-state index in [1.54, 1.807) is 0 Å². The van der Waals surface area contributed by atoms with Crippen LogP contribution in [0.15, 0.2) is 65.8 Å². The summed E-state index contributed by atoms with van der Waals surface area (Å²) in [5, 5.41) is 14.0. The first-order chi connectivity index (χ1) is 10.8. The molecule has 0 spiro atoms. The Hall–Kier alpha value is -2.08. The van der Waals surface area contributed by atoms with Gasteiger partial charge in [-0.25, -0.2) is 0 Å². The van der Waals surface area contributed by atoms with Gasteiger partial charge in [-0.3, -0.25) is 0 Å². The predicted molar refractivity (Wildman–Crippen MR) is 96.8 cm³/mol. The molecule has 0 fully saturated rings. The van der Waals surface area contributed by atoms with Gasteiger partial charge in [0.1, 0.15) is 12.4 Å². The van der Waals surface area contributed by atoms with Crippen LogP contribution in [0.2, 0.25) is 0 Å². The van der Waals surface area contributed by atoms with E-state index in [4.69, 9.17) is 9.94 Å². The maximum Gasteiger partial charge on any atom is 0.133 e. The third-order valence-corrected chi connectivity index (χ3v) is 4.27. The molecule has 0 saturated heterocycles. The molecule has 0 aliphatic rings. The second kappa shape index (κ2) is 6.79. The molecule has 0 amide bonds. The first-order valence-corrected chi connectivity index (χ1v) is 7.92. The molecule has 0 atom stereocenters. The number of hydrogen-bond donors (Lipinski definition) is 1. The van der Waals surface area contributed by atoms with Gasteiger partial charge in [-0.2, -0.15) is 0 Å². The zero-order chi connectivity index (χ0) is 15.4. The van der Waals surface area contributed by atoms with Crippen molar-refractivity contribution in [3.05, 3.63) is 75.4 Å². The van der Waals surface area contributed by atoms with Gasteiger partial charge < -0.3 is 9.94 Å². The molecular weight excluding hydrogens is 389 g/mol. The second-order valence-corrected chi connectivity index (χ2v) is 6.02. The summed E-state index contributed by atoms with van der Waals surface area (Å²) >= 11 is 2.22. The molecular formula is C18H14INO2. The van der Waals surface area contributed by atoms with Crippen molar-refractivity contribution in [2.24, 2.45) is 5.16 Å². The van der Waals surface area contributed by atoms with E-state index in [2.05, 4.69) is 52.0 Å². The molecule has 3 aromatic carbocycles. The van der Waals surface area contributed by atoms with Crippen molar-refractivity contribution in [3.63, 3.8) is 0 Å². The molecule has 0 aliphatic heterocycles. The molecule has 0 aromatic heterocycles. The fraction of sp³-hybridized carbons (Fsp3) is 0.0556. The number of oxime groups is 1. The van der Waals surface area contributed by atoms with E-state index in [1.807, 2.05) is 36.4 Å². The zero-order valence-electron chi connectivity index (χ0n) is 11.7. The van der Waals surface area contributed by atoms with Crippen molar-refractivity contribution in [3.8, 4) is 5.75 Å². The minimum Gasteiger partial charge on any atom is -0.488 e. The molecule has 1 N–H and O–H groups in total. The summed E-state index contributed by atoms with van der Waals surface area (Å²) in [5.41, 5.74) is 2.00. The smallest absolute Gasteiger partial charge is 0.133 e. The minimum atomic E-state index is 0.519. The standard InChI is InChI=1S/C18H14INO2/c19-17-10-13(11-20-21)8-9-18(17)22-12-15-6-3-5-14-4-1-2-7-16(14)15/h1-11,21H,12H2/b20-11+. The van der Waals surface area contributed by atoms with E-state index < -0.39 is 0 Å². The number of halogens is 1. The van der Waals surface area contributed by atoms with E-state index in [0.29, 0.717) is 6.61 Å². The Morgan fingerprint density at radius 3 is 2.68 bits per heavy atom. The van der Waals surface area contributed by atoms with E-state index in [-0.39, 0.29) is 0 Å². The first kappa shape index (κ1) is 14.8. The Morgan fingerprint density at radius 2 is 1.86 bits per heavy atom.